The van der Waals surface area contributed by atoms with Crippen LogP contribution in [0.1, 0.15) is 310 Å². The van der Waals surface area contributed by atoms with Crippen molar-refractivity contribution in [2.75, 3.05) is 39.6 Å². The van der Waals surface area contributed by atoms with Gasteiger partial charge in [0.1, 0.15) is 19.3 Å². The Labute approximate surface area is 654 Å². The van der Waals surface area contributed by atoms with Crippen molar-refractivity contribution in [1.29, 1.82) is 0 Å². The summed E-state index contributed by atoms with van der Waals surface area (Å²) in [5, 5.41) is 10.7. The Bertz CT molecular complexity index is 2710. The molecule has 5 atom stereocenters. The minimum Gasteiger partial charge on any atom is -0.462 e. The monoisotopic (exact) mass is 1550 g/mol. The third kappa shape index (κ3) is 78.5. The highest BCUT2D eigenvalue weighted by atomic mass is 31.2. The Morgan fingerprint density at radius 2 is 0.481 bits per heavy atom. The number of phosphoric ester groups is 2. The molecule has 0 fully saturated rings. The second-order valence-electron chi connectivity index (χ2n) is 26.9. The number of hydrogen-bond donors (Lipinski definition) is 3. The molecule has 0 aliphatic carbocycles. The molecule has 0 bridgehead atoms. The molecule has 17 nitrogen and oxygen atoms in total. The predicted octanol–water partition coefficient (Wildman–Crippen LogP) is 24.6. The Morgan fingerprint density at radius 1 is 0.269 bits per heavy atom. The molecular formula is C89H146O17P2. The van der Waals surface area contributed by atoms with E-state index in [1.807, 2.05) is 0 Å². The van der Waals surface area contributed by atoms with E-state index in [4.69, 9.17) is 37.0 Å². The summed E-state index contributed by atoms with van der Waals surface area (Å²) in [6, 6.07) is 0. The molecule has 0 spiro atoms. The van der Waals surface area contributed by atoms with Gasteiger partial charge in [-0.25, -0.2) is 9.13 Å². The number of esters is 4. The zero-order valence-electron chi connectivity index (χ0n) is 67.2. The number of hydrogen-bond acceptors (Lipinski definition) is 15. The van der Waals surface area contributed by atoms with Gasteiger partial charge in [0.2, 0.25) is 0 Å². The van der Waals surface area contributed by atoms with Gasteiger partial charge in [-0.2, -0.15) is 0 Å². The third-order valence-electron chi connectivity index (χ3n) is 16.6. The zero-order valence-corrected chi connectivity index (χ0v) is 69.0. The SMILES string of the molecule is CC/C=C\C/C=C\C/C=C\C/C=C\C/C=C\CCCCCC(=O)OCC(COP(=O)(O)OCC(O)COP(=O)(O)OCC(COC(=O)CCCC/C=C\C/C=C\C/C=C\C/C=C\CC)OC(=O)CCCCCCC/C=C\C/C=C\CCCCC)OC(=O)CCCCCCCC/C=C\C/C=C\C/C=C\CCCCC. The van der Waals surface area contributed by atoms with Crippen LogP contribution in [0.4, 0.5) is 0 Å². The lowest BCUT2D eigenvalue weighted by Gasteiger charge is -2.21. The molecule has 0 saturated heterocycles. The number of ether oxygens (including phenoxy) is 4. The van der Waals surface area contributed by atoms with E-state index in [9.17, 15) is 43.2 Å². The first-order valence-corrected chi connectivity index (χ1v) is 44.4. The second-order valence-corrected chi connectivity index (χ2v) is 29.8. The van der Waals surface area contributed by atoms with E-state index < -0.39 is 97.5 Å². The molecule has 0 heterocycles. The molecule has 614 valence electrons. The van der Waals surface area contributed by atoms with Crippen LogP contribution in [0.2, 0.25) is 0 Å². The van der Waals surface area contributed by atoms with Crippen LogP contribution >= 0.6 is 15.6 Å². The molecule has 0 aromatic carbocycles. The summed E-state index contributed by atoms with van der Waals surface area (Å²) in [6.45, 7) is 4.48. The van der Waals surface area contributed by atoms with Crippen LogP contribution in [0.5, 0.6) is 0 Å². The summed E-state index contributed by atoms with van der Waals surface area (Å²) >= 11 is 0. The number of aliphatic hydroxyl groups is 1. The van der Waals surface area contributed by atoms with E-state index in [1.54, 1.807) is 0 Å². The normalized spacial score (nSPS) is 14.7. The van der Waals surface area contributed by atoms with Crippen LogP contribution in [0, 0.1) is 0 Å². The maximum absolute atomic E-state index is 13.1. The van der Waals surface area contributed by atoms with Crippen molar-refractivity contribution in [3.63, 3.8) is 0 Å². The van der Waals surface area contributed by atoms with Gasteiger partial charge in [0.25, 0.3) is 0 Å². The van der Waals surface area contributed by atoms with E-state index in [0.29, 0.717) is 25.7 Å². The molecule has 19 heteroatoms. The smallest absolute Gasteiger partial charge is 0.462 e. The Morgan fingerprint density at radius 3 is 0.769 bits per heavy atom. The molecular weight excluding hydrogens is 1400 g/mol. The Balaban J connectivity index is 5.48. The summed E-state index contributed by atoms with van der Waals surface area (Å²) in [5.41, 5.74) is 0. The summed E-state index contributed by atoms with van der Waals surface area (Å²) in [6.07, 6.45) is 94.6. The number of phosphoric acid groups is 2. The van der Waals surface area contributed by atoms with E-state index in [2.05, 4.69) is 198 Å². The Hall–Kier alpha value is -5.58. The molecule has 0 amide bonds. The van der Waals surface area contributed by atoms with Crippen molar-refractivity contribution in [3.8, 4) is 0 Å². The lowest BCUT2D eigenvalue weighted by atomic mass is 10.1. The van der Waals surface area contributed by atoms with E-state index in [0.717, 1.165) is 193 Å². The van der Waals surface area contributed by atoms with Crippen LogP contribution in [-0.2, 0) is 65.4 Å². The lowest BCUT2D eigenvalue weighted by Crippen LogP contribution is -2.30. The fraction of sp³-hybridized carbons (Fsp3) is 0.640. The number of carbonyl (C=O) groups is 4. The number of allylic oxidation sites excluding steroid dienone is 28. The first kappa shape index (κ1) is 102. The van der Waals surface area contributed by atoms with Crippen LogP contribution in [0.3, 0.4) is 0 Å². The van der Waals surface area contributed by atoms with Crippen molar-refractivity contribution >= 4 is 39.5 Å². The number of carbonyl (C=O) groups excluding carboxylic acids is 4. The summed E-state index contributed by atoms with van der Waals surface area (Å²) < 4.78 is 68.6. The van der Waals surface area contributed by atoms with Gasteiger partial charge in [0.05, 0.1) is 26.4 Å². The average molecular weight is 1550 g/mol. The largest absolute Gasteiger partial charge is 0.472 e. The van der Waals surface area contributed by atoms with Crippen LogP contribution in [-0.4, -0.2) is 96.7 Å². The number of unbranched alkanes of at least 4 members (excludes halogenated alkanes) is 22. The zero-order chi connectivity index (χ0) is 78.9. The second kappa shape index (κ2) is 79.5. The maximum atomic E-state index is 13.1. The van der Waals surface area contributed by atoms with Gasteiger partial charge >= 0.3 is 39.5 Å². The Kier molecular flexibility index (Phi) is 75.4. The van der Waals surface area contributed by atoms with E-state index >= 15 is 0 Å². The fourth-order valence-corrected chi connectivity index (χ4v) is 12.0. The fourth-order valence-electron chi connectivity index (χ4n) is 10.4. The van der Waals surface area contributed by atoms with Crippen molar-refractivity contribution in [3.05, 3.63) is 170 Å². The van der Waals surface area contributed by atoms with E-state index in [-0.39, 0.29) is 25.7 Å². The lowest BCUT2D eigenvalue weighted by molar-refractivity contribution is -0.161. The van der Waals surface area contributed by atoms with Gasteiger partial charge in [0, 0.05) is 25.7 Å². The molecule has 5 unspecified atom stereocenters. The van der Waals surface area contributed by atoms with Gasteiger partial charge < -0.3 is 33.8 Å². The molecule has 108 heavy (non-hydrogen) atoms. The average Bonchev–Trinajstić information content (AvgIpc) is 0.896. The quantitative estimate of drug-likeness (QED) is 0.0169. The molecule has 0 aromatic heterocycles. The van der Waals surface area contributed by atoms with Crippen LogP contribution < -0.4 is 0 Å². The maximum Gasteiger partial charge on any atom is 0.472 e. The van der Waals surface area contributed by atoms with Gasteiger partial charge in [-0.15, -0.1) is 0 Å². The highest BCUT2D eigenvalue weighted by Crippen LogP contribution is 2.45. The molecule has 0 aromatic rings. The van der Waals surface area contributed by atoms with Gasteiger partial charge in [-0.05, 0) is 180 Å². The predicted molar refractivity (Wildman–Crippen MR) is 445 cm³/mol. The highest BCUT2D eigenvalue weighted by molar-refractivity contribution is 7.47. The molecule has 0 rings (SSSR count). The molecule has 0 aliphatic heterocycles. The molecule has 0 saturated carbocycles. The third-order valence-corrected chi connectivity index (χ3v) is 18.5. The first-order chi connectivity index (χ1) is 52.7. The summed E-state index contributed by atoms with van der Waals surface area (Å²) in [4.78, 5) is 73.2. The van der Waals surface area contributed by atoms with Crippen LogP contribution in [0.25, 0.3) is 0 Å². The van der Waals surface area contributed by atoms with Crippen LogP contribution in [0.15, 0.2) is 170 Å². The first-order valence-electron chi connectivity index (χ1n) is 41.4. The van der Waals surface area contributed by atoms with Crippen molar-refractivity contribution in [2.24, 2.45) is 0 Å². The van der Waals surface area contributed by atoms with Gasteiger partial charge in [0.15, 0.2) is 12.2 Å². The van der Waals surface area contributed by atoms with Gasteiger partial charge in [-0.1, -0.05) is 275 Å². The molecule has 3 N–H and O–H groups in total. The number of aliphatic hydroxyl groups excluding tert-OH is 1. The molecule has 0 aliphatic rings. The van der Waals surface area contributed by atoms with E-state index in [1.165, 1.54) is 38.5 Å². The van der Waals surface area contributed by atoms with Gasteiger partial charge in [-0.3, -0.25) is 37.3 Å². The number of rotatable bonds is 76. The highest BCUT2D eigenvalue weighted by Gasteiger charge is 2.30. The van der Waals surface area contributed by atoms with Crippen molar-refractivity contribution < 1.29 is 80.2 Å². The summed E-state index contributed by atoms with van der Waals surface area (Å²) in [5.74, 6) is -2.30. The van der Waals surface area contributed by atoms with Crippen molar-refractivity contribution in [1.82, 2.24) is 0 Å². The minimum atomic E-state index is -5.00. The topological polar surface area (TPSA) is 237 Å². The van der Waals surface area contributed by atoms with Crippen molar-refractivity contribution in [2.45, 2.75) is 329 Å². The summed E-state index contributed by atoms with van der Waals surface area (Å²) in [7, 11) is -10.0. The standard InChI is InChI=1S/C89H146O17P2/c1-5-9-13-17-21-25-29-33-37-39-41-43-47-50-54-58-62-66-70-74-87(92)100-80-85(106-89(94)76-72-68-64-60-56-52-48-44-42-40-38-34-30-26-22-18-14-10-6-2)82-104-108(97,98)102-78-83(90)77-101-107(95,96)103-81-84(105-88(93)75-71-67-63-59-55-51-46-36-32-28-24-20-16-12-8-4)79-99-86(91)73-69-65-61-57-53-49-45-35-31-27-23-19-15-11-7-3/h9,11,13,15,21-28,33-38,41-46,50,53-54,57,83-85,90H,5-8,10,12,14,16-20,29-32,39-40,47-49,51-52,55-56,58-82H2,1-4H3,(H,95,96)(H,97,98)/b13-9-,15-11-,25-21-,26-22-,27-23-,28-24-,37-33-,38-34-,43-41-,44-42-,45-35-,46-36-,54-50-,57-53-. The minimum absolute atomic E-state index is 0.0636. The molecule has 0 radical (unpaired) electrons.